The lowest BCUT2D eigenvalue weighted by Gasteiger charge is -1.92. The maximum Gasteiger partial charge on any atom is 0.180 e. The Hall–Kier alpha value is -1.31. The molecule has 0 aliphatic heterocycles. The Morgan fingerprint density at radius 2 is 2.00 bits per heavy atom. The Morgan fingerprint density at radius 3 is 2.44 bits per heavy atom. The zero-order chi connectivity index (χ0) is 6.69. The van der Waals surface area contributed by atoms with Crippen LogP contribution in [0.1, 0.15) is 5.56 Å². The number of aromatic nitrogens is 1. The summed E-state index contributed by atoms with van der Waals surface area (Å²) in [7, 11) is 0. The molecule has 0 atom stereocenters. The van der Waals surface area contributed by atoms with Crippen LogP contribution in [0.2, 0.25) is 0 Å². The van der Waals surface area contributed by atoms with E-state index in [0.717, 1.165) is 10.3 Å². The first-order valence-electron chi connectivity index (χ1n) is 2.64. The molecule has 1 rings (SSSR count). The lowest BCUT2D eigenvalue weighted by molar-refractivity contribution is -0.605. The van der Waals surface area contributed by atoms with Gasteiger partial charge in [-0.2, -0.15) is 4.73 Å². The number of hydrogen-bond donors (Lipinski definition) is 0. The van der Waals surface area contributed by atoms with Crippen molar-refractivity contribution in [2.45, 2.75) is 0 Å². The van der Waals surface area contributed by atoms with Gasteiger partial charge in [0.05, 0.1) is 0 Å². The van der Waals surface area contributed by atoms with Gasteiger partial charge in [0, 0.05) is 12.1 Å². The Morgan fingerprint density at radius 1 is 1.44 bits per heavy atom. The lowest BCUT2D eigenvalue weighted by Crippen LogP contribution is -2.23. The van der Waals surface area contributed by atoms with Crippen LogP contribution in [-0.4, -0.2) is 0 Å². The van der Waals surface area contributed by atoms with E-state index in [1.807, 2.05) is 0 Å². The Labute approximate surface area is 53.6 Å². The Balaban J connectivity index is 3.01. The number of hydrogen-bond acceptors (Lipinski definition) is 1. The van der Waals surface area contributed by atoms with E-state index in [0.29, 0.717) is 0 Å². The van der Waals surface area contributed by atoms with E-state index < -0.39 is 0 Å². The first-order valence-corrected chi connectivity index (χ1v) is 2.64. The van der Waals surface area contributed by atoms with Crippen molar-refractivity contribution in [3.8, 4) is 0 Å². The molecule has 0 unspecified atom stereocenters. The van der Waals surface area contributed by atoms with Crippen LogP contribution in [0, 0.1) is 5.21 Å². The third-order valence-electron chi connectivity index (χ3n) is 1.06. The highest BCUT2D eigenvalue weighted by molar-refractivity contribution is 5.44. The van der Waals surface area contributed by atoms with Gasteiger partial charge >= 0.3 is 0 Å². The summed E-state index contributed by atoms with van der Waals surface area (Å²) in [6.07, 6.45) is 4.58. The molecule has 2 heteroatoms. The molecule has 0 N–H and O–H groups in total. The van der Waals surface area contributed by atoms with Crippen LogP contribution in [0.3, 0.4) is 0 Å². The van der Waals surface area contributed by atoms with E-state index in [1.54, 1.807) is 18.2 Å². The van der Waals surface area contributed by atoms with Gasteiger partial charge in [-0.05, 0) is 5.56 Å². The van der Waals surface area contributed by atoms with Gasteiger partial charge in [0.15, 0.2) is 12.4 Å². The number of nitrogens with zero attached hydrogens (tertiary/aromatic N) is 1. The number of pyridine rings is 1. The smallest absolute Gasteiger partial charge is 0.180 e. The lowest BCUT2D eigenvalue weighted by atomic mass is 10.3. The van der Waals surface area contributed by atoms with E-state index in [4.69, 9.17) is 0 Å². The summed E-state index contributed by atoms with van der Waals surface area (Å²) in [6, 6.07) is 3.42. The fourth-order valence-electron chi connectivity index (χ4n) is 0.560. The highest BCUT2D eigenvalue weighted by atomic mass is 16.5. The highest BCUT2D eigenvalue weighted by Crippen LogP contribution is 1.94. The predicted octanol–water partition coefficient (Wildman–Crippen LogP) is 0.963. The van der Waals surface area contributed by atoms with Crippen molar-refractivity contribution in [1.29, 1.82) is 0 Å². The van der Waals surface area contributed by atoms with Crippen LogP contribution in [0.25, 0.3) is 6.08 Å². The minimum atomic E-state index is 0.743. The quantitative estimate of drug-likeness (QED) is 0.401. The summed E-state index contributed by atoms with van der Waals surface area (Å²) < 4.78 is 0.743. The maximum atomic E-state index is 10.4. The molecule has 0 fully saturated rings. The largest absolute Gasteiger partial charge is 0.619 e. The summed E-state index contributed by atoms with van der Waals surface area (Å²) >= 11 is 0. The van der Waals surface area contributed by atoms with E-state index in [-0.39, 0.29) is 0 Å². The highest BCUT2D eigenvalue weighted by Gasteiger charge is 1.86. The average Bonchev–Trinajstić information content (AvgIpc) is 1.90. The van der Waals surface area contributed by atoms with Crippen molar-refractivity contribution in [2.24, 2.45) is 0 Å². The molecule has 0 saturated carbocycles. The Kier molecular flexibility index (Phi) is 1.49. The molecule has 0 aliphatic rings. The molecule has 1 heterocycles. The van der Waals surface area contributed by atoms with Gasteiger partial charge in [-0.3, -0.25) is 0 Å². The van der Waals surface area contributed by atoms with Crippen molar-refractivity contribution < 1.29 is 4.73 Å². The van der Waals surface area contributed by atoms with Crippen molar-refractivity contribution in [3.05, 3.63) is 41.9 Å². The maximum absolute atomic E-state index is 10.4. The molecule has 0 aromatic carbocycles. The van der Waals surface area contributed by atoms with Crippen LogP contribution in [0.4, 0.5) is 0 Å². The van der Waals surface area contributed by atoms with Crippen LogP contribution in [-0.2, 0) is 0 Å². The third-order valence-corrected chi connectivity index (χ3v) is 1.06. The second-order valence-electron chi connectivity index (χ2n) is 1.70. The van der Waals surface area contributed by atoms with Crippen LogP contribution < -0.4 is 4.73 Å². The molecule has 0 radical (unpaired) electrons. The van der Waals surface area contributed by atoms with Gasteiger partial charge in [-0.15, -0.1) is 0 Å². The third kappa shape index (κ3) is 1.29. The molecule has 0 amide bonds. The fraction of sp³-hybridized carbons (Fsp3) is 0. The standard InChI is InChI=1S/C7H7NO/c1-2-7-3-5-8(9)6-4-7/h2-6H,1H2. The molecule has 0 spiro atoms. The molecule has 2 nitrogen and oxygen atoms in total. The summed E-state index contributed by atoms with van der Waals surface area (Å²) in [5.74, 6) is 0. The molecule has 9 heavy (non-hydrogen) atoms. The fourth-order valence-corrected chi connectivity index (χ4v) is 0.560. The van der Waals surface area contributed by atoms with E-state index in [1.165, 1.54) is 12.4 Å². The second kappa shape index (κ2) is 2.31. The summed E-state index contributed by atoms with van der Waals surface area (Å²) in [4.78, 5) is 0. The second-order valence-corrected chi connectivity index (χ2v) is 1.70. The van der Waals surface area contributed by atoms with Crippen molar-refractivity contribution in [2.75, 3.05) is 0 Å². The Bertz CT molecular complexity index is 203. The SMILES string of the molecule is C=Cc1cc[n+]([O-])cc1. The van der Waals surface area contributed by atoms with E-state index >= 15 is 0 Å². The molecule has 0 saturated heterocycles. The molecular formula is C7H7NO. The van der Waals surface area contributed by atoms with Gasteiger partial charge in [0.25, 0.3) is 0 Å². The minimum Gasteiger partial charge on any atom is -0.619 e. The van der Waals surface area contributed by atoms with Gasteiger partial charge in [0.2, 0.25) is 0 Å². The van der Waals surface area contributed by atoms with Gasteiger partial charge < -0.3 is 5.21 Å². The first kappa shape index (κ1) is 5.82. The molecule has 0 aliphatic carbocycles. The van der Waals surface area contributed by atoms with E-state index in [9.17, 15) is 5.21 Å². The van der Waals surface area contributed by atoms with Crippen molar-refractivity contribution in [1.82, 2.24) is 0 Å². The summed E-state index contributed by atoms with van der Waals surface area (Å²) in [5.41, 5.74) is 0.960. The summed E-state index contributed by atoms with van der Waals surface area (Å²) in [5, 5.41) is 10.4. The zero-order valence-corrected chi connectivity index (χ0v) is 4.95. The van der Waals surface area contributed by atoms with Crippen LogP contribution >= 0.6 is 0 Å². The first-order chi connectivity index (χ1) is 4.33. The van der Waals surface area contributed by atoms with Crippen molar-refractivity contribution >= 4 is 6.08 Å². The van der Waals surface area contributed by atoms with Gasteiger partial charge in [0.1, 0.15) is 0 Å². The van der Waals surface area contributed by atoms with Crippen molar-refractivity contribution in [3.63, 3.8) is 0 Å². The number of rotatable bonds is 1. The molecule has 46 valence electrons. The van der Waals surface area contributed by atoms with Gasteiger partial charge in [-0.25, -0.2) is 0 Å². The molecule has 1 aromatic heterocycles. The zero-order valence-electron chi connectivity index (χ0n) is 4.95. The molecule has 1 aromatic rings. The topological polar surface area (TPSA) is 26.9 Å². The minimum absolute atomic E-state index is 0.743. The van der Waals surface area contributed by atoms with Crippen LogP contribution in [0.5, 0.6) is 0 Å². The monoisotopic (exact) mass is 121 g/mol. The average molecular weight is 121 g/mol. The predicted molar refractivity (Wildman–Crippen MR) is 35.5 cm³/mol. The van der Waals surface area contributed by atoms with Crippen LogP contribution in [0.15, 0.2) is 31.1 Å². The van der Waals surface area contributed by atoms with Gasteiger partial charge in [-0.1, -0.05) is 12.7 Å². The van der Waals surface area contributed by atoms with E-state index in [2.05, 4.69) is 6.58 Å². The molecular weight excluding hydrogens is 114 g/mol. The normalized spacial score (nSPS) is 8.89. The summed E-state index contributed by atoms with van der Waals surface area (Å²) in [6.45, 7) is 3.55. The molecule has 0 bridgehead atoms.